The quantitative estimate of drug-likeness (QED) is 0.841. The summed E-state index contributed by atoms with van der Waals surface area (Å²) in [6.45, 7) is 5.75. The monoisotopic (exact) mass is 286 g/mol. The fraction of sp³-hybridized carbons (Fsp3) is 0.412. The number of thioether (sulfide) groups is 1. The van der Waals surface area contributed by atoms with E-state index in [2.05, 4.69) is 53.5 Å². The summed E-state index contributed by atoms with van der Waals surface area (Å²) < 4.78 is 0. The van der Waals surface area contributed by atoms with Crippen LogP contribution in [0, 0.1) is 0 Å². The first-order chi connectivity index (χ1) is 9.81. The number of benzene rings is 1. The summed E-state index contributed by atoms with van der Waals surface area (Å²) in [6.07, 6.45) is 9.13. The van der Waals surface area contributed by atoms with Gasteiger partial charge in [0.2, 0.25) is 0 Å². The number of nitrogens with one attached hydrogen (secondary N) is 1. The molecule has 0 fully saturated rings. The Morgan fingerprint density at radius 3 is 2.95 bits per heavy atom. The lowest BCUT2D eigenvalue weighted by Gasteiger charge is -2.25. The Morgan fingerprint density at radius 1 is 1.35 bits per heavy atom. The van der Waals surface area contributed by atoms with Gasteiger partial charge in [0, 0.05) is 40.6 Å². The molecule has 0 bridgehead atoms. The fourth-order valence-electron chi connectivity index (χ4n) is 2.97. The Bertz CT molecular complexity index is 627. The van der Waals surface area contributed by atoms with Gasteiger partial charge in [-0.2, -0.15) is 0 Å². The van der Waals surface area contributed by atoms with Gasteiger partial charge in [-0.1, -0.05) is 13.0 Å². The predicted octanol–water partition coefficient (Wildman–Crippen LogP) is 4.39. The molecule has 0 atom stereocenters. The largest absolute Gasteiger partial charge is 0.361 e. The second-order valence-corrected chi connectivity index (χ2v) is 6.27. The third-order valence-electron chi connectivity index (χ3n) is 4.07. The van der Waals surface area contributed by atoms with E-state index < -0.39 is 0 Å². The molecule has 106 valence electrons. The normalized spacial score (nSPS) is 16.6. The standard InChI is InChI=1S/C17H22N2S/c1-3-8-19-9-6-13(7-10-19)16-12-18-17-5-4-14(20-2)11-15(16)17/h4-6,11-12,18H,3,7-10H2,1-2H3. The molecule has 0 unspecified atom stereocenters. The van der Waals surface area contributed by atoms with E-state index in [1.807, 2.05) is 11.8 Å². The highest BCUT2D eigenvalue weighted by Crippen LogP contribution is 2.31. The van der Waals surface area contributed by atoms with Crippen molar-refractivity contribution in [3.63, 3.8) is 0 Å². The zero-order chi connectivity index (χ0) is 13.9. The van der Waals surface area contributed by atoms with Crippen LogP contribution >= 0.6 is 11.8 Å². The van der Waals surface area contributed by atoms with Crippen LogP contribution in [0.4, 0.5) is 0 Å². The van der Waals surface area contributed by atoms with Crippen LogP contribution in [0.1, 0.15) is 25.3 Å². The van der Waals surface area contributed by atoms with E-state index in [-0.39, 0.29) is 0 Å². The summed E-state index contributed by atoms with van der Waals surface area (Å²) in [7, 11) is 0. The van der Waals surface area contributed by atoms with Gasteiger partial charge in [0.05, 0.1) is 0 Å². The van der Waals surface area contributed by atoms with Crippen LogP contribution in [0.5, 0.6) is 0 Å². The van der Waals surface area contributed by atoms with Crippen LogP contribution in [-0.2, 0) is 0 Å². The van der Waals surface area contributed by atoms with Crippen molar-refractivity contribution in [2.24, 2.45) is 0 Å². The number of hydrogen-bond acceptors (Lipinski definition) is 2. The highest BCUT2D eigenvalue weighted by molar-refractivity contribution is 7.98. The maximum absolute atomic E-state index is 3.41. The van der Waals surface area contributed by atoms with E-state index in [9.17, 15) is 0 Å². The molecule has 1 aromatic carbocycles. The van der Waals surface area contributed by atoms with E-state index in [4.69, 9.17) is 0 Å². The number of rotatable bonds is 4. The average Bonchev–Trinajstić information content (AvgIpc) is 2.91. The lowest BCUT2D eigenvalue weighted by Crippen LogP contribution is -2.29. The van der Waals surface area contributed by atoms with E-state index in [0.29, 0.717) is 0 Å². The van der Waals surface area contributed by atoms with Crippen molar-refractivity contribution in [3.8, 4) is 0 Å². The highest BCUT2D eigenvalue weighted by Gasteiger charge is 2.15. The molecule has 2 aromatic rings. The van der Waals surface area contributed by atoms with Crippen molar-refractivity contribution in [1.82, 2.24) is 9.88 Å². The molecule has 0 saturated carbocycles. The van der Waals surface area contributed by atoms with E-state index in [1.165, 1.54) is 46.4 Å². The van der Waals surface area contributed by atoms with Crippen LogP contribution in [0.2, 0.25) is 0 Å². The van der Waals surface area contributed by atoms with Gasteiger partial charge >= 0.3 is 0 Å². The molecule has 0 spiro atoms. The van der Waals surface area contributed by atoms with E-state index >= 15 is 0 Å². The molecule has 1 N–H and O–H groups in total. The molecule has 2 heterocycles. The topological polar surface area (TPSA) is 19.0 Å². The first-order valence-electron chi connectivity index (χ1n) is 7.38. The van der Waals surface area contributed by atoms with Crippen LogP contribution in [0.3, 0.4) is 0 Å². The van der Waals surface area contributed by atoms with Crippen LogP contribution < -0.4 is 0 Å². The third-order valence-corrected chi connectivity index (χ3v) is 4.79. The van der Waals surface area contributed by atoms with Crippen molar-refractivity contribution in [1.29, 1.82) is 0 Å². The second kappa shape index (κ2) is 6.06. The summed E-state index contributed by atoms with van der Waals surface area (Å²) in [5.41, 5.74) is 4.14. The van der Waals surface area contributed by atoms with Crippen molar-refractivity contribution < 1.29 is 0 Å². The molecule has 0 amide bonds. The Morgan fingerprint density at radius 2 is 2.25 bits per heavy atom. The average molecular weight is 286 g/mol. The zero-order valence-corrected chi connectivity index (χ0v) is 13.1. The molecule has 20 heavy (non-hydrogen) atoms. The third kappa shape index (κ3) is 2.65. The summed E-state index contributed by atoms with van der Waals surface area (Å²) in [5.74, 6) is 0. The Labute approximate surface area is 125 Å². The van der Waals surface area contributed by atoms with Crippen molar-refractivity contribution in [3.05, 3.63) is 36.0 Å². The molecule has 1 aromatic heterocycles. The Kier molecular flexibility index (Phi) is 4.18. The number of fused-ring (bicyclic) bond motifs is 1. The minimum absolute atomic E-state index is 1.10. The van der Waals surface area contributed by atoms with Gasteiger partial charge in [-0.05, 0) is 49.4 Å². The van der Waals surface area contributed by atoms with Gasteiger partial charge in [-0.25, -0.2) is 0 Å². The Hall–Kier alpha value is -1.19. The zero-order valence-electron chi connectivity index (χ0n) is 12.3. The molecular formula is C17H22N2S. The van der Waals surface area contributed by atoms with Crippen LogP contribution in [-0.4, -0.2) is 35.8 Å². The summed E-state index contributed by atoms with van der Waals surface area (Å²) >= 11 is 1.81. The Balaban J connectivity index is 1.91. The van der Waals surface area contributed by atoms with E-state index in [1.54, 1.807) is 0 Å². The number of aromatic nitrogens is 1. The highest BCUT2D eigenvalue weighted by atomic mass is 32.2. The fourth-order valence-corrected chi connectivity index (χ4v) is 3.41. The SMILES string of the molecule is CCCN1CC=C(c2c[nH]c3ccc(SC)cc23)CC1. The van der Waals surface area contributed by atoms with Crippen molar-refractivity contribution in [2.75, 3.05) is 25.9 Å². The number of H-pyrrole nitrogens is 1. The molecule has 2 nitrogen and oxygen atoms in total. The van der Waals surface area contributed by atoms with Gasteiger partial charge in [0.25, 0.3) is 0 Å². The molecule has 0 aliphatic carbocycles. The van der Waals surface area contributed by atoms with Crippen LogP contribution in [0.15, 0.2) is 35.4 Å². The number of nitrogens with zero attached hydrogens (tertiary/aromatic N) is 1. The smallest absolute Gasteiger partial charge is 0.0461 e. The lowest BCUT2D eigenvalue weighted by atomic mass is 9.99. The molecule has 0 radical (unpaired) electrons. The molecule has 0 saturated heterocycles. The molecular weight excluding hydrogens is 264 g/mol. The molecule has 3 rings (SSSR count). The predicted molar refractivity (Wildman–Crippen MR) is 89.4 cm³/mol. The number of hydrogen-bond donors (Lipinski definition) is 1. The van der Waals surface area contributed by atoms with Crippen molar-refractivity contribution >= 4 is 28.2 Å². The minimum Gasteiger partial charge on any atom is -0.361 e. The first-order valence-corrected chi connectivity index (χ1v) is 8.61. The summed E-state index contributed by atoms with van der Waals surface area (Å²) in [5, 5.41) is 1.37. The van der Waals surface area contributed by atoms with Crippen molar-refractivity contribution in [2.45, 2.75) is 24.7 Å². The van der Waals surface area contributed by atoms with E-state index in [0.717, 1.165) is 13.0 Å². The summed E-state index contributed by atoms with van der Waals surface area (Å²) in [4.78, 5) is 7.28. The first kappa shape index (κ1) is 13.8. The second-order valence-electron chi connectivity index (χ2n) is 5.39. The maximum atomic E-state index is 3.41. The van der Waals surface area contributed by atoms with Crippen LogP contribution in [0.25, 0.3) is 16.5 Å². The minimum atomic E-state index is 1.10. The van der Waals surface area contributed by atoms with Gasteiger partial charge in [-0.15, -0.1) is 11.8 Å². The number of aromatic amines is 1. The lowest BCUT2D eigenvalue weighted by molar-refractivity contribution is 0.302. The maximum Gasteiger partial charge on any atom is 0.0461 e. The van der Waals surface area contributed by atoms with Gasteiger partial charge in [-0.3, -0.25) is 4.90 Å². The molecule has 1 aliphatic rings. The van der Waals surface area contributed by atoms with Gasteiger partial charge in [0.15, 0.2) is 0 Å². The van der Waals surface area contributed by atoms with Gasteiger partial charge < -0.3 is 4.98 Å². The molecule has 1 aliphatic heterocycles. The summed E-state index contributed by atoms with van der Waals surface area (Å²) in [6, 6.07) is 6.69. The van der Waals surface area contributed by atoms with Gasteiger partial charge in [0.1, 0.15) is 0 Å². The molecule has 3 heteroatoms.